The number of carboxylic acid groups (broad SMARTS) is 1. The van der Waals surface area contributed by atoms with Gasteiger partial charge in [-0.05, 0) is 31.0 Å². The molecule has 3 rings (SSSR count). The van der Waals surface area contributed by atoms with Gasteiger partial charge in [0.1, 0.15) is 0 Å². The summed E-state index contributed by atoms with van der Waals surface area (Å²) >= 11 is 0. The van der Waals surface area contributed by atoms with Gasteiger partial charge < -0.3 is 24.2 Å². The molecule has 9 heteroatoms. The van der Waals surface area contributed by atoms with Crippen LogP contribution in [0.25, 0.3) is 0 Å². The molecule has 0 radical (unpaired) electrons. The molecule has 0 saturated carbocycles. The van der Waals surface area contributed by atoms with Gasteiger partial charge in [-0.15, -0.1) is 0 Å². The number of halogens is 2. The lowest BCUT2D eigenvalue weighted by atomic mass is 9.93. The molecular formula is C18H21F2NO6. The van der Waals surface area contributed by atoms with Crippen LogP contribution >= 0.6 is 0 Å². The summed E-state index contributed by atoms with van der Waals surface area (Å²) in [5.74, 6) is -0.803. The Kier molecular flexibility index (Phi) is 6.10. The molecule has 1 spiro atoms. The molecular weight excluding hydrogens is 364 g/mol. The van der Waals surface area contributed by atoms with Gasteiger partial charge in [0, 0.05) is 24.8 Å². The predicted molar refractivity (Wildman–Crippen MR) is 90.5 cm³/mol. The average molecular weight is 385 g/mol. The minimum Gasteiger partial charge on any atom is -0.490 e. The van der Waals surface area contributed by atoms with Gasteiger partial charge >= 0.3 is 12.6 Å². The van der Waals surface area contributed by atoms with E-state index in [0.29, 0.717) is 43.8 Å². The molecule has 1 aromatic rings. The molecule has 1 fully saturated rings. The van der Waals surface area contributed by atoms with Gasteiger partial charge in [0.25, 0.3) is 0 Å². The maximum absolute atomic E-state index is 12.6. The second-order valence-corrected chi connectivity index (χ2v) is 6.53. The lowest BCUT2D eigenvalue weighted by molar-refractivity contribution is -0.137. The molecule has 1 N–H and O–H groups in total. The van der Waals surface area contributed by atoms with Gasteiger partial charge in [0.2, 0.25) is 0 Å². The minimum absolute atomic E-state index is 0.0299. The molecule has 0 bridgehead atoms. The van der Waals surface area contributed by atoms with Crippen molar-refractivity contribution in [2.75, 3.05) is 19.8 Å². The number of alkyl halides is 2. The molecule has 1 atom stereocenters. The number of oxime groups is 1. The number of hydrogen-bond donors (Lipinski definition) is 1. The van der Waals surface area contributed by atoms with Gasteiger partial charge in [-0.25, -0.2) is 0 Å². The highest BCUT2D eigenvalue weighted by Crippen LogP contribution is 2.36. The van der Waals surface area contributed by atoms with Crippen molar-refractivity contribution in [1.29, 1.82) is 0 Å². The first kappa shape index (κ1) is 19.3. The van der Waals surface area contributed by atoms with Gasteiger partial charge in [-0.1, -0.05) is 5.16 Å². The molecule has 1 unspecified atom stereocenters. The summed E-state index contributed by atoms with van der Waals surface area (Å²) in [5, 5.41) is 12.8. The standard InChI is InChI=1S/C18H21F2NO6/c19-17(20)26-14-5-4-12(9-15(14)25-7-2-1-3-16(22)23)13-10-18(27-21-13)6-8-24-11-18/h4-5,9,17H,1-3,6-8,10-11H2,(H,22,23). The molecule has 0 aliphatic carbocycles. The summed E-state index contributed by atoms with van der Waals surface area (Å²) in [4.78, 5) is 16.1. The molecule has 7 nitrogen and oxygen atoms in total. The first-order valence-corrected chi connectivity index (χ1v) is 8.74. The summed E-state index contributed by atoms with van der Waals surface area (Å²) < 4.78 is 40.7. The third-order valence-corrected chi connectivity index (χ3v) is 4.44. The molecule has 27 heavy (non-hydrogen) atoms. The highest BCUT2D eigenvalue weighted by Gasteiger charge is 2.43. The Morgan fingerprint density at radius 2 is 2.19 bits per heavy atom. The Balaban J connectivity index is 1.67. The average Bonchev–Trinajstić information content (AvgIpc) is 3.25. The van der Waals surface area contributed by atoms with Crippen molar-refractivity contribution in [3.05, 3.63) is 23.8 Å². The highest BCUT2D eigenvalue weighted by molar-refractivity contribution is 6.02. The second-order valence-electron chi connectivity index (χ2n) is 6.53. The molecule has 2 aliphatic rings. The normalized spacial score (nSPS) is 21.4. The Morgan fingerprint density at radius 3 is 2.89 bits per heavy atom. The molecule has 2 aliphatic heterocycles. The lowest BCUT2D eigenvalue weighted by Gasteiger charge is -2.17. The van der Waals surface area contributed by atoms with Gasteiger partial charge in [-0.3, -0.25) is 4.79 Å². The highest BCUT2D eigenvalue weighted by atomic mass is 19.3. The Morgan fingerprint density at radius 1 is 1.33 bits per heavy atom. The van der Waals surface area contributed by atoms with Crippen LogP contribution in [0.15, 0.2) is 23.4 Å². The van der Waals surface area contributed by atoms with Gasteiger partial charge in [0.15, 0.2) is 17.1 Å². The number of carbonyl (C=O) groups is 1. The molecule has 0 amide bonds. The van der Waals surface area contributed by atoms with Crippen LogP contribution < -0.4 is 9.47 Å². The topological polar surface area (TPSA) is 86.6 Å². The van der Waals surface area contributed by atoms with Crippen LogP contribution in [0.4, 0.5) is 8.78 Å². The van der Waals surface area contributed by atoms with Crippen molar-refractivity contribution in [1.82, 2.24) is 0 Å². The fraction of sp³-hybridized carbons (Fsp3) is 0.556. The van der Waals surface area contributed by atoms with Crippen molar-refractivity contribution >= 4 is 11.7 Å². The SMILES string of the molecule is O=C(O)CCCCOc1cc(C2=NOC3(CCOC3)C2)ccc1OC(F)F. The van der Waals surface area contributed by atoms with Crippen LogP contribution in [0.5, 0.6) is 11.5 Å². The summed E-state index contributed by atoms with van der Waals surface area (Å²) in [5.41, 5.74) is 0.950. The van der Waals surface area contributed by atoms with Crippen molar-refractivity contribution in [3.8, 4) is 11.5 Å². The van der Waals surface area contributed by atoms with E-state index in [4.69, 9.17) is 19.4 Å². The van der Waals surface area contributed by atoms with E-state index in [1.54, 1.807) is 12.1 Å². The molecule has 2 heterocycles. The quantitative estimate of drug-likeness (QED) is 0.657. The number of rotatable bonds is 9. The fourth-order valence-corrected chi connectivity index (χ4v) is 3.03. The van der Waals surface area contributed by atoms with E-state index in [0.717, 1.165) is 6.42 Å². The first-order valence-electron chi connectivity index (χ1n) is 8.74. The van der Waals surface area contributed by atoms with E-state index < -0.39 is 18.2 Å². The number of hydrogen-bond acceptors (Lipinski definition) is 6. The Bertz CT molecular complexity index is 703. The van der Waals surface area contributed by atoms with Crippen LogP contribution in [0.3, 0.4) is 0 Å². The maximum Gasteiger partial charge on any atom is 0.387 e. The zero-order valence-electron chi connectivity index (χ0n) is 14.7. The number of unbranched alkanes of at least 4 members (excludes halogenated alkanes) is 1. The monoisotopic (exact) mass is 385 g/mol. The smallest absolute Gasteiger partial charge is 0.387 e. The number of ether oxygens (including phenoxy) is 3. The van der Waals surface area contributed by atoms with E-state index in [1.807, 2.05) is 0 Å². The zero-order valence-corrected chi connectivity index (χ0v) is 14.7. The van der Waals surface area contributed by atoms with Crippen LogP contribution in [-0.4, -0.2) is 48.8 Å². The molecule has 1 saturated heterocycles. The first-order chi connectivity index (χ1) is 13.0. The second kappa shape index (κ2) is 8.51. The van der Waals surface area contributed by atoms with Crippen molar-refractivity contribution in [3.63, 3.8) is 0 Å². The fourth-order valence-electron chi connectivity index (χ4n) is 3.03. The Hall–Kier alpha value is -2.42. The van der Waals surface area contributed by atoms with Crippen LogP contribution in [0.1, 0.15) is 37.7 Å². The largest absolute Gasteiger partial charge is 0.490 e. The molecule has 1 aromatic carbocycles. The van der Waals surface area contributed by atoms with Crippen molar-refractivity contribution in [2.45, 2.75) is 44.3 Å². The van der Waals surface area contributed by atoms with Gasteiger partial charge in [-0.2, -0.15) is 8.78 Å². The number of nitrogens with zero attached hydrogens (tertiary/aromatic N) is 1. The van der Waals surface area contributed by atoms with Crippen LogP contribution in [0.2, 0.25) is 0 Å². The van der Waals surface area contributed by atoms with E-state index in [-0.39, 0.29) is 24.5 Å². The number of benzene rings is 1. The predicted octanol–water partition coefficient (Wildman–Crippen LogP) is 3.21. The summed E-state index contributed by atoms with van der Waals surface area (Å²) in [6.07, 6.45) is 2.26. The van der Waals surface area contributed by atoms with Crippen molar-refractivity contribution < 1.29 is 37.7 Å². The third-order valence-electron chi connectivity index (χ3n) is 4.44. The minimum atomic E-state index is -2.98. The van der Waals surface area contributed by atoms with E-state index in [2.05, 4.69) is 9.89 Å². The number of aliphatic carboxylic acids is 1. The lowest BCUT2D eigenvalue weighted by Crippen LogP contribution is -2.29. The van der Waals surface area contributed by atoms with Crippen molar-refractivity contribution in [2.24, 2.45) is 5.16 Å². The molecule has 0 aromatic heterocycles. The summed E-state index contributed by atoms with van der Waals surface area (Å²) in [6, 6.07) is 4.63. The summed E-state index contributed by atoms with van der Waals surface area (Å²) in [7, 11) is 0. The zero-order chi connectivity index (χ0) is 19.3. The Labute approximate surface area is 154 Å². The molecule has 148 valence electrons. The van der Waals surface area contributed by atoms with Crippen LogP contribution in [-0.2, 0) is 14.4 Å². The maximum atomic E-state index is 12.6. The summed E-state index contributed by atoms with van der Waals surface area (Å²) in [6.45, 7) is -1.69. The third kappa shape index (κ3) is 5.06. The van der Waals surface area contributed by atoms with E-state index in [9.17, 15) is 13.6 Å². The van der Waals surface area contributed by atoms with Crippen LogP contribution in [0, 0.1) is 0 Å². The van der Waals surface area contributed by atoms with E-state index >= 15 is 0 Å². The van der Waals surface area contributed by atoms with Gasteiger partial charge in [0.05, 0.1) is 25.5 Å². The van der Waals surface area contributed by atoms with E-state index in [1.165, 1.54) is 6.07 Å². The number of carboxylic acids is 1.